The van der Waals surface area contributed by atoms with Crippen LogP contribution >= 0.6 is 11.8 Å². The van der Waals surface area contributed by atoms with Gasteiger partial charge < -0.3 is 10.2 Å². The van der Waals surface area contributed by atoms with Crippen molar-refractivity contribution >= 4 is 17.7 Å². The van der Waals surface area contributed by atoms with Crippen molar-refractivity contribution in [3.8, 4) is 0 Å². The Labute approximate surface area is 98.7 Å². The van der Waals surface area contributed by atoms with Gasteiger partial charge in [-0.3, -0.25) is 0 Å². The quantitative estimate of drug-likeness (QED) is 0.788. The summed E-state index contributed by atoms with van der Waals surface area (Å²) in [5.74, 6) is -0.981. The largest absolute Gasteiger partial charge is 0.478 e. The highest BCUT2D eigenvalue weighted by atomic mass is 32.2. The fourth-order valence-electron chi connectivity index (χ4n) is 1.16. The number of aromatic nitrogens is 1. The van der Waals surface area contributed by atoms with Crippen LogP contribution in [0.4, 0.5) is 0 Å². The number of aromatic carboxylic acids is 1. The van der Waals surface area contributed by atoms with E-state index in [1.54, 1.807) is 26.1 Å². The molecular weight excluding hydrogens is 226 g/mol. The van der Waals surface area contributed by atoms with Crippen molar-refractivity contribution in [3.63, 3.8) is 0 Å². The fraction of sp³-hybridized carbons (Fsp3) is 0.455. The number of carbonyl (C=O) groups is 1. The van der Waals surface area contributed by atoms with Crippen LogP contribution < -0.4 is 0 Å². The Balaban J connectivity index is 3.04. The Morgan fingerprint density at radius 2 is 2.12 bits per heavy atom. The van der Waals surface area contributed by atoms with Gasteiger partial charge in [0.1, 0.15) is 5.03 Å². The first-order valence-corrected chi connectivity index (χ1v) is 5.85. The van der Waals surface area contributed by atoms with Gasteiger partial charge in [-0.25, -0.2) is 9.78 Å². The molecule has 0 bridgehead atoms. The number of aryl methyl sites for hydroxylation is 1. The maximum atomic E-state index is 11.1. The smallest absolute Gasteiger partial charge is 0.338 e. The number of pyridine rings is 1. The molecule has 0 saturated heterocycles. The van der Waals surface area contributed by atoms with Crippen LogP contribution in [-0.2, 0) is 0 Å². The molecule has 0 aliphatic heterocycles. The molecule has 0 fully saturated rings. The Kier molecular flexibility index (Phi) is 4.32. The summed E-state index contributed by atoms with van der Waals surface area (Å²) in [7, 11) is 0. The van der Waals surface area contributed by atoms with Crippen LogP contribution in [0, 0.1) is 6.92 Å². The van der Waals surface area contributed by atoms with Crippen LogP contribution in [-0.4, -0.2) is 32.5 Å². The van der Waals surface area contributed by atoms with Gasteiger partial charge in [-0.2, -0.15) is 0 Å². The molecule has 0 aliphatic rings. The molecule has 4 nitrogen and oxygen atoms in total. The fourth-order valence-corrected chi connectivity index (χ4v) is 2.19. The third-order valence-corrected chi connectivity index (χ3v) is 3.61. The van der Waals surface area contributed by atoms with E-state index in [0.717, 1.165) is 0 Å². The average molecular weight is 241 g/mol. The molecule has 0 aromatic carbocycles. The van der Waals surface area contributed by atoms with Crippen molar-refractivity contribution in [1.29, 1.82) is 0 Å². The number of aliphatic hydroxyl groups excluding tert-OH is 1. The molecule has 2 unspecified atom stereocenters. The minimum atomic E-state index is -0.981. The number of rotatable bonds is 4. The minimum absolute atomic E-state index is 0.0904. The van der Waals surface area contributed by atoms with Crippen molar-refractivity contribution in [1.82, 2.24) is 4.98 Å². The SMILES string of the molecule is Cc1ccnc(SC(C)C(C)O)c1C(=O)O. The molecule has 1 heterocycles. The Bertz CT molecular complexity index is 393. The average Bonchev–Trinajstić information content (AvgIpc) is 2.16. The van der Waals surface area contributed by atoms with Crippen molar-refractivity contribution in [2.45, 2.75) is 37.2 Å². The maximum Gasteiger partial charge on any atom is 0.338 e. The van der Waals surface area contributed by atoms with Crippen LogP contribution in [0.5, 0.6) is 0 Å². The Morgan fingerprint density at radius 1 is 1.50 bits per heavy atom. The second kappa shape index (κ2) is 5.32. The highest BCUT2D eigenvalue weighted by molar-refractivity contribution is 8.00. The van der Waals surface area contributed by atoms with Gasteiger partial charge in [-0.1, -0.05) is 18.7 Å². The number of aliphatic hydroxyl groups is 1. The molecular formula is C11H15NO3S. The molecule has 16 heavy (non-hydrogen) atoms. The first-order chi connectivity index (χ1) is 7.43. The summed E-state index contributed by atoms with van der Waals surface area (Å²) in [5, 5.41) is 18.8. The maximum absolute atomic E-state index is 11.1. The molecule has 0 amide bonds. The van der Waals surface area contributed by atoms with E-state index in [9.17, 15) is 9.90 Å². The zero-order valence-corrected chi connectivity index (χ0v) is 10.3. The number of carboxylic acid groups (broad SMARTS) is 1. The first kappa shape index (κ1) is 13.0. The van der Waals surface area contributed by atoms with E-state index in [4.69, 9.17) is 5.11 Å². The molecule has 0 aliphatic carbocycles. The molecule has 1 aromatic heterocycles. The van der Waals surface area contributed by atoms with Gasteiger partial charge in [-0.05, 0) is 25.5 Å². The molecule has 0 spiro atoms. The molecule has 2 N–H and O–H groups in total. The van der Waals surface area contributed by atoms with Crippen LogP contribution in [0.15, 0.2) is 17.3 Å². The lowest BCUT2D eigenvalue weighted by Gasteiger charge is -2.15. The third kappa shape index (κ3) is 2.96. The van der Waals surface area contributed by atoms with Crippen molar-refractivity contribution in [2.24, 2.45) is 0 Å². The number of hydrogen-bond donors (Lipinski definition) is 2. The predicted octanol–water partition coefficient (Wildman–Crippen LogP) is 1.95. The highest BCUT2D eigenvalue weighted by Crippen LogP contribution is 2.28. The second-order valence-electron chi connectivity index (χ2n) is 3.68. The number of nitrogens with zero attached hydrogens (tertiary/aromatic N) is 1. The molecule has 1 rings (SSSR count). The normalized spacial score (nSPS) is 14.5. The summed E-state index contributed by atoms with van der Waals surface area (Å²) in [6.45, 7) is 5.25. The van der Waals surface area contributed by atoms with E-state index in [0.29, 0.717) is 10.6 Å². The molecule has 0 saturated carbocycles. The van der Waals surface area contributed by atoms with E-state index >= 15 is 0 Å². The zero-order valence-electron chi connectivity index (χ0n) is 9.47. The van der Waals surface area contributed by atoms with Gasteiger partial charge in [0.25, 0.3) is 0 Å². The second-order valence-corrected chi connectivity index (χ2v) is 5.04. The van der Waals surface area contributed by atoms with E-state index in [-0.39, 0.29) is 10.8 Å². The summed E-state index contributed by atoms with van der Waals surface area (Å²) in [4.78, 5) is 15.1. The van der Waals surface area contributed by atoms with Crippen LogP contribution in [0.2, 0.25) is 0 Å². The third-order valence-electron chi connectivity index (χ3n) is 2.32. The standard InChI is InChI=1S/C11H15NO3S/c1-6-4-5-12-10(9(6)11(14)15)16-8(3)7(2)13/h4-5,7-8,13H,1-3H3,(H,14,15). The minimum Gasteiger partial charge on any atom is -0.478 e. The monoisotopic (exact) mass is 241 g/mol. The topological polar surface area (TPSA) is 70.4 Å². The van der Waals surface area contributed by atoms with Gasteiger partial charge in [0.05, 0.1) is 11.7 Å². The summed E-state index contributed by atoms with van der Waals surface area (Å²) in [5.41, 5.74) is 0.905. The zero-order chi connectivity index (χ0) is 12.3. The lowest BCUT2D eigenvalue weighted by molar-refractivity contribution is 0.0691. The van der Waals surface area contributed by atoms with E-state index < -0.39 is 12.1 Å². The Morgan fingerprint density at radius 3 is 2.62 bits per heavy atom. The van der Waals surface area contributed by atoms with E-state index in [1.165, 1.54) is 11.8 Å². The predicted molar refractivity (Wildman–Crippen MR) is 62.9 cm³/mol. The summed E-state index contributed by atoms with van der Waals surface area (Å²) in [6, 6.07) is 1.67. The number of hydrogen-bond acceptors (Lipinski definition) is 4. The van der Waals surface area contributed by atoms with E-state index in [2.05, 4.69) is 4.98 Å². The molecule has 88 valence electrons. The van der Waals surface area contributed by atoms with Gasteiger partial charge in [-0.15, -0.1) is 0 Å². The van der Waals surface area contributed by atoms with Crippen molar-refractivity contribution < 1.29 is 15.0 Å². The first-order valence-electron chi connectivity index (χ1n) is 4.97. The lowest BCUT2D eigenvalue weighted by atomic mass is 10.2. The molecule has 5 heteroatoms. The summed E-state index contributed by atoms with van der Waals surface area (Å²) >= 11 is 1.28. The summed E-state index contributed by atoms with van der Waals surface area (Å²) < 4.78 is 0. The van der Waals surface area contributed by atoms with Crippen molar-refractivity contribution in [3.05, 3.63) is 23.4 Å². The van der Waals surface area contributed by atoms with E-state index in [1.807, 2.05) is 6.92 Å². The molecule has 2 atom stereocenters. The van der Waals surface area contributed by atoms with Crippen LogP contribution in [0.25, 0.3) is 0 Å². The Hall–Kier alpha value is -1.07. The van der Waals surface area contributed by atoms with Gasteiger partial charge >= 0.3 is 5.97 Å². The van der Waals surface area contributed by atoms with Gasteiger partial charge in [0, 0.05) is 11.4 Å². The van der Waals surface area contributed by atoms with Crippen molar-refractivity contribution in [2.75, 3.05) is 0 Å². The number of carboxylic acids is 1. The van der Waals surface area contributed by atoms with Crippen LogP contribution in [0.1, 0.15) is 29.8 Å². The highest BCUT2D eigenvalue weighted by Gasteiger charge is 2.19. The summed E-state index contributed by atoms with van der Waals surface area (Å²) in [6.07, 6.45) is 1.08. The lowest BCUT2D eigenvalue weighted by Crippen LogP contribution is -2.16. The van der Waals surface area contributed by atoms with Gasteiger partial charge in [0.15, 0.2) is 0 Å². The molecule has 0 radical (unpaired) electrons. The number of thioether (sulfide) groups is 1. The molecule has 1 aromatic rings. The van der Waals surface area contributed by atoms with Crippen LogP contribution in [0.3, 0.4) is 0 Å². The van der Waals surface area contributed by atoms with Gasteiger partial charge in [0.2, 0.25) is 0 Å².